The van der Waals surface area contributed by atoms with Crippen LogP contribution in [0.2, 0.25) is 0 Å². The molecule has 0 fully saturated rings. The summed E-state index contributed by atoms with van der Waals surface area (Å²) in [5, 5.41) is 13.7. The van der Waals surface area contributed by atoms with Crippen LogP contribution in [0.4, 0.5) is 0 Å². The molecule has 1 unspecified atom stereocenters. The largest absolute Gasteiger partial charge is 0.493 e. The molecule has 0 saturated heterocycles. The normalized spacial score (nSPS) is 13.7. The first-order valence-corrected chi connectivity index (χ1v) is 7.18. The molecule has 22 heavy (non-hydrogen) atoms. The maximum absolute atomic E-state index is 10.5. The highest BCUT2D eigenvalue weighted by Gasteiger charge is 2.26. The minimum atomic E-state index is -1.07. The molecule has 0 bridgehead atoms. The number of para-hydroxylation sites is 1. The lowest BCUT2D eigenvalue weighted by atomic mass is 10.0. The van der Waals surface area contributed by atoms with Crippen molar-refractivity contribution in [2.24, 2.45) is 0 Å². The van der Waals surface area contributed by atoms with Gasteiger partial charge in [-0.15, -0.1) is 0 Å². The highest BCUT2D eigenvalue weighted by Crippen LogP contribution is 2.30. The third-order valence-electron chi connectivity index (χ3n) is 3.54. The first-order chi connectivity index (χ1) is 10.5. The fraction of sp³-hybridized carbons (Fsp3) is 0.412. The molecule has 0 radical (unpaired) electrons. The molecule has 0 saturated carbocycles. The zero-order valence-corrected chi connectivity index (χ0v) is 13.5. The summed E-state index contributed by atoms with van der Waals surface area (Å²) in [7, 11) is 3.22. The van der Waals surface area contributed by atoms with Crippen LogP contribution in [0.15, 0.2) is 34.7 Å². The van der Waals surface area contributed by atoms with Crippen molar-refractivity contribution in [1.82, 2.24) is 5.32 Å². The summed E-state index contributed by atoms with van der Waals surface area (Å²) in [6.45, 7) is 4.49. The van der Waals surface area contributed by atoms with Gasteiger partial charge in [0.05, 0.1) is 14.2 Å². The maximum Gasteiger partial charge on any atom is 0.165 e. The molecule has 1 aromatic heterocycles. The van der Waals surface area contributed by atoms with Crippen molar-refractivity contribution in [3.05, 3.63) is 47.4 Å². The Morgan fingerprint density at radius 2 is 1.95 bits per heavy atom. The molecule has 0 aliphatic rings. The van der Waals surface area contributed by atoms with E-state index in [0.29, 0.717) is 30.3 Å². The Morgan fingerprint density at radius 1 is 1.18 bits per heavy atom. The Kier molecular flexibility index (Phi) is 5.11. The number of ether oxygens (including phenoxy) is 2. The van der Waals surface area contributed by atoms with Crippen LogP contribution in [0.3, 0.4) is 0 Å². The van der Waals surface area contributed by atoms with Crippen LogP contribution in [0.25, 0.3) is 0 Å². The molecule has 1 atom stereocenters. The van der Waals surface area contributed by atoms with E-state index in [-0.39, 0.29) is 0 Å². The Labute approximate surface area is 130 Å². The van der Waals surface area contributed by atoms with Gasteiger partial charge in [-0.1, -0.05) is 12.1 Å². The van der Waals surface area contributed by atoms with Crippen LogP contribution in [-0.4, -0.2) is 25.9 Å². The van der Waals surface area contributed by atoms with Gasteiger partial charge in [-0.2, -0.15) is 0 Å². The number of rotatable bonds is 7. The van der Waals surface area contributed by atoms with Gasteiger partial charge in [-0.05, 0) is 32.0 Å². The fourth-order valence-electron chi connectivity index (χ4n) is 2.34. The van der Waals surface area contributed by atoms with Gasteiger partial charge < -0.3 is 24.3 Å². The summed E-state index contributed by atoms with van der Waals surface area (Å²) >= 11 is 0. The molecular formula is C17H23NO4. The number of nitrogens with one attached hydrogen (secondary N) is 1. The van der Waals surface area contributed by atoms with Gasteiger partial charge in [0.1, 0.15) is 17.1 Å². The summed E-state index contributed by atoms with van der Waals surface area (Å²) < 4.78 is 16.2. The number of aliphatic hydroxyl groups is 1. The third kappa shape index (κ3) is 3.61. The van der Waals surface area contributed by atoms with Gasteiger partial charge in [0.15, 0.2) is 11.5 Å². The maximum atomic E-state index is 10.5. The van der Waals surface area contributed by atoms with Gasteiger partial charge in [0, 0.05) is 18.7 Å². The Morgan fingerprint density at radius 3 is 2.55 bits per heavy atom. The van der Waals surface area contributed by atoms with Gasteiger partial charge in [-0.3, -0.25) is 0 Å². The van der Waals surface area contributed by atoms with Crippen LogP contribution in [0.1, 0.15) is 24.0 Å². The standard InChI is InChI=1S/C17H23NO4/c1-12-8-9-15(22-12)17(2,19)11-18-10-13-6-5-7-14(20-3)16(13)21-4/h5-9,18-19H,10-11H2,1-4H3. The van der Waals surface area contributed by atoms with E-state index in [9.17, 15) is 5.11 Å². The number of hydrogen-bond donors (Lipinski definition) is 2. The van der Waals surface area contributed by atoms with Crippen LogP contribution in [0.5, 0.6) is 11.5 Å². The second-order valence-electron chi connectivity index (χ2n) is 5.44. The van der Waals surface area contributed by atoms with Crippen molar-refractivity contribution in [3.8, 4) is 11.5 Å². The molecular weight excluding hydrogens is 282 g/mol. The van der Waals surface area contributed by atoms with E-state index in [0.717, 1.165) is 11.3 Å². The Bertz CT molecular complexity index is 619. The number of benzene rings is 1. The molecule has 5 nitrogen and oxygen atoms in total. The van der Waals surface area contributed by atoms with Crippen molar-refractivity contribution in [2.45, 2.75) is 26.0 Å². The summed E-state index contributed by atoms with van der Waals surface area (Å²) in [6, 6.07) is 9.36. The summed E-state index contributed by atoms with van der Waals surface area (Å²) in [5.74, 6) is 2.72. The second-order valence-corrected chi connectivity index (χ2v) is 5.44. The van der Waals surface area contributed by atoms with Crippen molar-refractivity contribution in [3.63, 3.8) is 0 Å². The van der Waals surface area contributed by atoms with E-state index in [2.05, 4.69) is 5.32 Å². The highest BCUT2D eigenvalue weighted by atomic mass is 16.5. The van der Waals surface area contributed by atoms with Gasteiger partial charge in [0.2, 0.25) is 0 Å². The van der Waals surface area contributed by atoms with Crippen molar-refractivity contribution in [2.75, 3.05) is 20.8 Å². The molecule has 1 heterocycles. The van der Waals surface area contributed by atoms with Crippen LogP contribution in [0, 0.1) is 6.92 Å². The van der Waals surface area contributed by atoms with Gasteiger partial charge in [0.25, 0.3) is 0 Å². The second kappa shape index (κ2) is 6.85. The summed E-state index contributed by atoms with van der Waals surface area (Å²) in [4.78, 5) is 0. The van der Waals surface area contributed by atoms with Gasteiger partial charge in [-0.25, -0.2) is 0 Å². The predicted octanol–water partition coefficient (Wildman–Crippen LogP) is 2.60. The van der Waals surface area contributed by atoms with E-state index in [1.165, 1.54) is 0 Å². The summed E-state index contributed by atoms with van der Waals surface area (Å²) in [5.41, 5.74) is -0.103. The molecule has 120 valence electrons. The average molecular weight is 305 g/mol. The molecule has 5 heteroatoms. The molecule has 0 spiro atoms. The minimum absolute atomic E-state index is 0.361. The monoisotopic (exact) mass is 305 g/mol. The lowest BCUT2D eigenvalue weighted by molar-refractivity contribution is 0.0332. The quantitative estimate of drug-likeness (QED) is 0.823. The molecule has 2 rings (SSSR count). The third-order valence-corrected chi connectivity index (χ3v) is 3.54. The first kappa shape index (κ1) is 16.4. The smallest absolute Gasteiger partial charge is 0.165 e. The lowest BCUT2D eigenvalue weighted by Gasteiger charge is -2.22. The lowest BCUT2D eigenvalue weighted by Crippen LogP contribution is -2.34. The van der Waals surface area contributed by atoms with Crippen LogP contribution in [-0.2, 0) is 12.1 Å². The van der Waals surface area contributed by atoms with E-state index in [1.807, 2.05) is 31.2 Å². The van der Waals surface area contributed by atoms with Crippen molar-refractivity contribution < 1.29 is 19.0 Å². The average Bonchev–Trinajstić information content (AvgIpc) is 2.94. The highest BCUT2D eigenvalue weighted by molar-refractivity contribution is 5.46. The number of methoxy groups -OCH3 is 2. The van der Waals surface area contributed by atoms with E-state index >= 15 is 0 Å². The molecule has 2 N–H and O–H groups in total. The Hall–Kier alpha value is -1.98. The number of furan rings is 1. The van der Waals surface area contributed by atoms with Gasteiger partial charge >= 0.3 is 0 Å². The Balaban J connectivity index is 2.02. The predicted molar refractivity (Wildman–Crippen MR) is 84.3 cm³/mol. The molecule has 2 aromatic rings. The zero-order valence-electron chi connectivity index (χ0n) is 13.5. The summed E-state index contributed by atoms with van der Waals surface area (Å²) in [6.07, 6.45) is 0. The number of aryl methyl sites for hydroxylation is 1. The first-order valence-electron chi connectivity index (χ1n) is 7.18. The zero-order chi connectivity index (χ0) is 16.2. The van der Waals surface area contributed by atoms with Crippen molar-refractivity contribution >= 4 is 0 Å². The van der Waals surface area contributed by atoms with E-state index < -0.39 is 5.60 Å². The molecule has 0 aliphatic heterocycles. The topological polar surface area (TPSA) is 63.9 Å². The van der Waals surface area contributed by atoms with Crippen molar-refractivity contribution in [1.29, 1.82) is 0 Å². The number of hydrogen-bond acceptors (Lipinski definition) is 5. The molecule has 1 aromatic carbocycles. The fourth-order valence-corrected chi connectivity index (χ4v) is 2.34. The SMILES string of the molecule is COc1cccc(CNCC(C)(O)c2ccc(C)o2)c1OC. The van der Waals surface area contributed by atoms with Crippen LogP contribution >= 0.6 is 0 Å². The van der Waals surface area contributed by atoms with Crippen LogP contribution < -0.4 is 14.8 Å². The minimum Gasteiger partial charge on any atom is -0.493 e. The van der Waals surface area contributed by atoms with E-state index in [1.54, 1.807) is 27.2 Å². The molecule has 0 aliphatic carbocycles. The molecule has 0 amide bonds. The van der Waals surface area contributed by atoms with E-state index in [4.69, 9.17) is 13.9 Å².